The summed E-state index contributed by atoms with van der Waals surface area (Å²) in [4.78, 5) is 37.0. The summed E-state index contributed by atoms with van der Waals surface area (Å²) in [6.45, 7) is 0.283. The third kappa shape index (κ3) is 2.44. The van der Waals surface area contributed by atoms with Crippen molar-refractivity contribution in [2.75, 3.05) is 13.6 Å². The minimum Gasteiger partial charge on any atom is -0.324 e. The summed E-state index contributed by atoms with van der Waals surface area (Å²) in [6, 6.07) is 0. The van der Waals surface area contributed by atoms with Gasteiger partial charge < -0.3 is 19.6 Å². The monoisotopic (exact) mass is 245 g/mol. The van der Waals surface area contributed by atoms with Gasteiger partial charge in [0.25, 0.3) is 0 Å². The molecule has 2 atom stereocenters. The smallest absolute Gasteiger partial charge is 0.324 e. The van der Waals surface area contributed by atoms with Crippen LogP contribution in [0.2, 0.25) is 0 Å². The summed E-state index contributed by atoms with van der Waals surface area (Å²) in [6.07, 6.45) is 0.108. The Balaban J connectivity index is 3.00. The van der Waals surface area contributed by atoms with Gasteiger partial charge in [-0.15, -0.1) is 0 Å². The number of hydrogen-bond acceptors (Lipinski definition) is 3. The van der Waals surface area contributed by atoms with Crippen LogP contribution >= 0.6 is 15.2 Å². The van der Waals surface area contributed by atoms with Crippen LogP contribution in [0.15, 0.2) is 0 Å². The molecule has 1 saturated heterocycles. The van der Waals surface area contributed by atoms with Crippen LogP contribution in [-0.4, -0.2) is 49.5 Å². The second-order valence-corrected chi connectivity index (χ2v) is 6.98. The van der Waals surface area contributed by atoms with Crippen molar-refractivity contribution in [2.24, 2.45) is 0 Å². The molecule has 0 aromatic carbocycles. The molecule has 0 aromatic heterocycles. The molecular weight excluding hydrogens is 232 g/mol. The number of hydrogen-bond donors (Lipinski definition) is 4. The van der Waals surface area contributed by atoms with Crippen LogP contribution in [0.5, 0.6) is 0 Å². The summed E-state index contributed by atoms with van der Waals surface area (Å²) < 4.78 is 22.0. The van der Waals surface area contributed by atoms with Crippen molar-refractivity contribution in [1.82, 2.24) is 4.90 Å². The van der Waals surface area contributed by atoms with E-state index in [1.165, 1.54) is 11.9 Å². The van der Waals surface area contributed by atoms with Crippen LogP contribution in [0.1, 0.15) is 6.42 Å². The minimum absolute atomic E-state index is 0.108. The van der Waals surface area contributed by atoms with Crippen molar-refractivity contribution in [3.05, 3.63) is 0 Å². The maximum absolute atomic E-state index is 11.0. The fourth-order valence-electron chi connectivity index (χ4n) is 1.73. The van der Waals surface area contributed by atoms with E-state index >= 15 is 0 Å². The van der Waals surface area contributed by atoms with Crippen molar-refractivity contribution in [1.29, 1.82) is 0 Å². The number of nitrogens with zero attached hydrogens (tertiary/aromatic N) is 1. The molecule has 0 bridgehead atoms. The molecule has 0 amide bonds. The van der Waals surface area contributed by atoms with E-state index in [0.29, 0.717) is 0 Å². The van der Waals surface area contributed by atoms with Crippen molar-refractivity contribution >= 4 is 15.2 Å². The van der Waals surface area contributed by atoms with Gasteiger partial charge in [0.2, 0.25) is 0 Å². The normalized spacial score (nSPS) is 30.9. The quantitative estimate of drug-likeness (QED) is 0.478. The van der Waals surface area contributed by atoms with E-state index in [1.807, 2.05) is 0 Å². The first-order valence-electron chi connectivity index (χ1n) is 3.94. The molecule has 2 unspecified atom stereocenters. The molecule has 1 aliphatic rings. The van der Waals surface area contributed by atoms with E-state index in [2.05, 4.69) is 0 Å². The fourth-order valence-corrected chi connectivity index (χ4v) is 5.03. The second kappa shape index (κ2) is 3.68. The average molecular weight is 245 g/mol. The van der Waals surface area contributed by atoms with Crippen LogP contribution in [0, 0.1) is 0 Å². The highest BCUT2D eigenvalue weighted by molar-refractivity contribution is 7.57. The van der Waals surface area contributed by atoms with Gasteiger partial charge in [-0.1, -0.05) is 0 Å². The predicted molar refractivity (Wildman–Crippen MR) is 48.9 cm³/mol. The lowest BCUT2D eigenvalue weighted by atomic mass is 10.4. The molecule has 1 aliphatic heterocycles. The molecule has 0 radical (unpaired) electrons. The van der Waals surface area contributed by atoms with E-state index in [1.54, 1.807) is 0 Å². The summed E-state index contributed by atoms with van der Waals surface area (Å²) in [7, 11) is -7.48. The van der Waals surface area contributed by atoms with Gasteiger partial charge in [-0.25, -0.2) is 0 Å². The summed E-state index contributed by atoms with van der Waals surface area (Å²) in [5, 5.41) is 0. The zero-order valence-corrected chi connectivity index (χ0v) is 9.30. The lowest BCUT2D eigenvalue weighted by Gasteiger charge is -2.25. The molecule has 1 fully saturated rings. The Morgan fingerprint density at radius 2 is 1.64 bits per heavy atom. The zero-order chi connectivity index (χ0) is 11.1. The molecule has 4 N–H and O–H groups in total. The molecule has 0 saturated carbocycles. The van der Waals surface area contributed by atoms with Crippen molar-refractivity contribution in [2.45, 2.75) is 17.9 Å². The molecule has 9 heteroatoms. The standard InChI is InChI=1S/C5H13NO6P2/c1-6-3-2-4(13(7,8)9)5(6)14(10,11)12/h4-5H,2-3H2,1H3,(H2,7,8,9)(H2,10,11,12). The number of rotatable bonds is 2. The van der Waals surface area contributed by atoms with E-state index < -0.39 is 26.6 Å². The molecular formula is C5H13NO6P2. The van der Waals surface area contributed by atoms with Gasteiger partial charge in [0, 0.05) is 0 Å². The molecule has 1 rings (SSSR count). The topological polar surface area (TPSA) is 118 Å². The highest BCUT2D eigenvalue weighted by Gasteiger charge is 2.51. The molecule has 0 aromatic rings. The highest BCUT2D eigenvalue weighted by Crippen LogP contribution is 2.58. The largest absolute Gasteiger partial charge is 0.343 e. The van der Waals surface area contributed by atoms with Crippen molar-refractivity contribution in [3.8, 4) is 0 Å². The van der Waals surface area contributed by atoms with Gasteiger partial charge >= 0.3 is 15.2 Å². The predicted octanol–water partition coefficient (Wildman–Crippen LogP) is -0.628. The van der Waals surface area contributed by atoms with E-state index in [-0.39, 0.29) is 13.0 Å². The Morgan fingerprint density at radius 1 is 1.14 bits per heavy atom. The zero-order valence-electron chi connectivity index (χ0n) is 7.52. The van der Waals surface area contributed by atoms with Crippen LogP contribution in [0.4, 0.5) is 0 Å². The highest BCUT2D eigenvalue weighted by atomic mass is 31.2. The molecule has 14 heavy (non-hydrogen) atoms. The molecule has 1 heterocycles. The Labute approximate surface area is 81.1 Å². The average Bonchev–Trinajstić information content (AvgIpc) is 2.27. The summed E-state index contributed by atoms with van der Waals surface area (Å²) >= 11 is 0. The van der Waals surface area contributed by atoms with Crippen LogP contribution in [-0.2, 0) is 9.13 Å². The Kier molecular flexibility index (Phi) is 3.24. The van der Waals surface area contributed by atoms with Crippen LogP contribution in [0.25, 0.3) is 0 Å². The van der Waals surface area contributed by atoms with Gasteiger partial charge in [0.05, 0.1) is 5.66 Å². The van der Waals surface area contributed by atoms with Crippen LogP contribution in [0.3, 0.4) is 0 Å². The maximum Gasteiger partial charge on any atom is 0.343 e. The molecule has 0 aliphatic carbocycles. The summed E-state index contributed by atoms with van der Waals surface area (Å²) in [5.74, 6) is -1.36. The number of likely N-dealkylation sites (tertiary alicyclic amines) is 1. The first-order valence-corrected chi connectivity index (χ1v) is 7.31. The second-order valence-electron chi connectivity index (χ2n) is 3.43. The minimum atomic E-state index is -4.49. The van der Waals surface area contributed by atoms with Gasteiger partial charge in [-0.05, 0) is 20.0 Å². The molecule has 84 valence electrons. The Bertz CT molecular complexity index is 307. The lowest BCUT2D eigenvalue weighted by Crippen LogP contribution is -2.32. The van der Waals surface area contributed by atoms with Crippen LogP contribution < -0.4 is 0 Å². The van der Waals surface area contributed by atoms with Crippen molar-refractivity contribution < 1.29 is 28.7 Å². The van der Waals surface area contributed by atoms with Gasteiger partial charge in [-0.3, -0.25) is 14.0 Å². The van der Waals surface area contributed by atoms with Gasteiger partial charge in [0.1, 0.15) is 5.78 Å². The van der Waals surface area contributed by atoms with E-state index in [0.717, 1.165) is 0 Å². The third-order valence-corrected chi connectivity index (χ3v) is 5.43. The van der Waals surface area contributed by atoms with E-state index in [9.17, 15) is 9.13 Å². The third-order valence-electron chi connectivity index (χ3n) is 2.35. The maximum atomic E-state index is 11.0. The van der Waals surface area contributed by atoms with Gasteiger partial charge in [0.15, 0.2) is 0 Å². The van der Waals surface area contributed by atoms with Gasteiger partial charge in [-0.2, -0.15) is 0 Å². The molecule has 0 spiro atoms. The Morgan fingerprint density at radius 3 is 1.93 bits per heavy atom. The SMILES string of the molecule is CN1CCC(P(=O)(O)O)C1P(=O)(O)O. The Hall–Kier alpha value is 0.260. The molecule has 7 nitrogen and oxygen atoms in total. The first-order chi connectivity index (χ1) is 6.14. The van der Waals surface area contributed by atoms with Crippen molar-refractivity contribution in [3.63, 3.8) is 0 Å². The lowest BCUT2D eigenvalue weighted by molar-refractivity contribution is 0.282. The fraction of sp³-hybridized carbons (Fsp3) is 1.00. The summed E-state index contributed by atoms with van der Waals surface area (Å²) in [5.41, 5.74) is -1.26. The van der Waals surface area contributed by atoms with E-state index in [4.69, 9.17) is 19.6 Å². The first kappa shape index (κ1) is 12.3.